The molecule has 5 aromatic rings. The van der Waals surface area contributed by atoms with Gasteiger partial charge in [-0.15, -0.1) is 10.2 Å². The molecule has 0 bridgehead atoms. The Morgan fingerprint density at radius 1 is 0.939 bits per heavy atom. The van der Waals surface area contributed by atoms with E-state index in [0.717, 1.165) is 17.2 Å². The van der Waals surface area contributed by atoms with E-state index in [0.29, 0.717) is 23.3 Å². The number of rotatable bonds is 4. The van der Waals surface area contributed by atoms with Crippen LogP contribution in [0.2, 0.25) is 0 Å². The molecule has 0 unspecified atom stereocenters. The summed E-state index contributed by atoms with van der Waals surface area (Å²) in [6.07, 6.45) is 13.1. The fourth-order valence-corrected chi connectivity index (χ4v) is 2.86. The third-order valence-corrected chi connectivity index (χ3v) is 4.68. The van der Waals surface area contributed by atoms with E-state index in [1.807, 2.05) is 26.4 Å². The molecule has 171 valence electrons. The molecule has 0 aliphatic rings. The minimum absolute atomic E-state index is 0. The molecule has 12 heteroatoms. The molecule has 5 heterocycles. The van der Waals surface area contributed by atoms with Gasteiger partial charge < -0.3 is 19.1 Å². The Labute approximate surface area is 204 Å². The zero-order chi connectivity index (χ0) is 22.5. The van der Waals surface area contributed by atoms with Crippen LogP contribution in [0.4, 0.5) is 0 Å². The van der Waals surface area contributed by atoms with Gasteiger partial charge in [0, 0.05) is 45.7 Å². The first kappa shape index (κ1) is 24.0. The number of nitrogens with one attached hydrogen (secondary N) is 1. The van der Waals surface area contributed by atoms with Crippen molar-refractivity contribution in [3.05, 3.63) is 61.3 Å². The Bertz CT molecular complexity index is 1210. The quantitative estimate of drug-likeness (QED) is 0.304. The largest absolute Gasteiger partial charge is 0.404 e. The van der Waals surface area contributed by atoms with Gasteiger partial charge in [-0.3, -0.25) is 4.98 Å². The number of H-pyrrole nitrogens is 1. The van der Waals surface area contributed by atoms with Crippen molar-refractivity contribution in [2.75, 3.05) is 0 Å². The molecule has 5 rings (SSSR count). The molecular weight excluding hydrogens is 599 g/mol. The Hall–Kier alpha value is -3.63. The summed E-state index contributed by atoms with van der Waals surface area (Å²) in [4.78, 5) is 19.3. The van der Waals surface area contributed by atoms with E-state index in [2.05, 4.69) is 71.4 Å². The van der Waals surface area contributed by atoms with Gasteiger partial charge in [0.2, 0.25) is 5.82 Å². The zero-order valence-corrected chi connectivity index (χ0v) is 20.9. The van der Waals surface area contributed by atoms with E-state index in [1.165, 1.54) is 5.56 Å². The predicted octanol–water partition coefficient (Wildman–Crippen LogP) is 2.46. The minimum Gasteiger partial charge on any atom is -0.404 e. The first-order valence-corrected chi connectivity index (χ1v) is 9.92. The third-order valence-electron chi connectivity index (χ3n) is 4.68. The first-order chi connectivity index (χ1) is 15.5. The van der Waals surface area contributed by atoms with Crippen molar-refractivity contribution < 1.29 is 20.1 Å². The predicted molar refractivity (Wildman–Crippen MR) is 117 cm³/mol. The summed E-state index contributed by atoms with van der Waals surface area (Å²) >= 11 is 0. The van der Waals surface area contributed by atoms with Crippen molar-refractivity contribution in [2.24, 2.45) is 14.1 Å². The van der Waals surface area contributed by atoms with Gasteiger partial charge in [0.1, 0.15) is 17.2 Å². The van der Waals surface area contributed by atoms with Crippen LogP contribution in [-0.2, 0) is 34.2 Å². The summed E-state index contributed by atoms with van der Waals surface area (Å²) in [5.41, 5.74) is 3.59. The summed E-state index contributed by atoms with van der Waals surface area (Å²) < 4.78 is 3.55. The maximum absolute atomic E-state index is 4.27. The molecule has 0 aliphatic carbocycles. The molecule has 1 N–H and O–H groups in total. The van der Waals surface area contributed by atoms with Crippen molar-refractivity contribution in [1.82, 2.24) is 54.4 Å². The van der Waals surface area contributed by atoms with Gasteiger partial charge in [0.15, 0.2) is 5.82 Å². The van der Waals surface area contributed by atoms with Crippen LogP contribution in [0.5, 0.6) is 0 Å². The van der Waals surface area contributed by atoms with Gasteiger partial charge in [-0.1, -0.05) is 20.0 Å². The van der Waals surface area contributed by atoms with E-state index in [-0.39, 0.29) is 20.1 Å². The van der Waals surface area contributed by atoms with Crippen LogP contribution in [0.3, 0.4) is 0 Å². The average Bonchev–Trinajstić information content (AvgIpc) is 3.57. The van der Waals surface area contributed by atoms with Crippen LogP contribution >= 0.6 is 0 Å². The van der Waals surface area contributed by atoms with Crippen LogP contribution in [-0.4, -0.2) is 54.4 Å². The molecule has 0 aromatic carbocycles. The Morgan fingerprint density at radius 2 is 1.70 bits per heavy atom. The van der Waals surface area contributed by atoms with Gasteiger partial charge in [0.05, 0.1) is 12.5 Å². The Balaban J connectivity index is 0.000000186. The number of aromatic nitrogens is 11. The fraction of sp³-hybridized carbons (Fsp3) is 0.238. The minimum atomic E-state index is 0. The van der Waals surface area contributed by atoms with Gasteiger partial charge in [0.25, 0.3) is 0 Å². The summed E-state index contributed by atoms with van der Waals surface area (Å²) in [6, 6.07) is 4.11. The molecular formula is C21H22IrN11-. The Kier molecular flexibility index (Phi) is 7.86. The molecule has 1 radical (unpaired) electrons. The van der Waals surface area contributed by atoms with Gasteiger partial charge in [-0.05, 0) is 42.7 Å². The van der Waals surface area contributed by atoms with E-state index < -0.39 is 0 Å². The SMILES string of the molecule is CC(C)c1ccnc(-c2ncc[nH]2)c1.Cn1cn[c-]c1-c1nnc(-c2cncn2C)nn1.[Ir]. The van der Waals surface area contributed by atoms with Crippen LogP contribution < -0.4 is 0 Å². The van der Waals surface area contributed by atoms with E-state index in [4.69, 9.17) is 0 Å². The topological polar surface area (TPSA) is 129 Å². The monoisotopic (exact) mass is 621 g/mol. The number of aryl methyl sites for hydroxylation is 2. The number of hydrogen-bond donors (Lipinski definition) is 1. The number of nitrogens with zero attached hydrogens (tertiary/aromatic N) is 10. The third kappa shape index (κ3) is 5.60. The molecule has 0 saturated carbocycles. The molecule has 0 amide bonds. The molecule has 0 spiro atoms. The van der Waals surface area contributed by atoms with Gasteiger partial charge in [-0.2, -0.15) is 10.2 Å². The molecule has 5 aromatic heterocycles. The first-order valence-electron chi connectivity index (χ1n) is 9.92. The van der Waals surface area contributed by atoms with Gasteiger partial charge >= 0.3 is 0 Å². The maximum atomic E-state index is 4.27. The summed E-state index contributed by atoms with van der Waals surface area (Å²) in [6.45, 7) is 4.34. The van der Waals surface area contributed by atoms with Crippen LogP contribution in [0.1, 0.15) is 25.3 Å². The second-order valence-electron chi connectivity index (χ2n) is 7.32. The van der Waals surface area contributed by atoms with Crippen molar-refractivity contribution in [2.45, 2.75) is 19.8 Å². The summed E-state index contributed by atoms with van der Waals surface area (Å²) in [5, 5.41) is 16.1. The summed E-state index contributed by atoms with van der Waals surface area (Å²) in [5.74, 6) is 2.17. The van der Waals surface area contributed by atoms with E-state index in [9.17, 15) is 0 Å². The molecule has 0 aliphatic heterocycles. The second-order valence-corrected chi connectivity index (χ2v) is 7.32. The molecule has 33 heavy (non-hydrogen) atoms. The normalized spacial score (nSPS) is 10.5. The number of pyridine rings is 1. The van der Waals surface area contributed by atoms with E-state index in [1.54, 1.807) is 40.4 Å². The summed E-state index contributed by atoms with van der Waals surface area (Å²) in [7, 11) is 3.69. The Morgan fingerprint density at radius 3 is 2.27 bits per heavy atom. The van der Waals surface area contributed by atoms with Crippen molar-refractivity contribution in [3.63, 3.8) is 0 Å². The molecule has 0 fully saturated rings. The standard InChI is InChI=1S/C11H13N3.C10H9N8.Ir/c1-8(2)9-3-4-12-10(7-9)11-13-5-6-14-11;1-17-5-11-3-7(17)9-13-15-10(16-14-9)8-4-12-6-18(8)2;/h3-8H,1-2H3,(H,13,14);3,5-6H,1-2H3;/q;-1;. The van der Waals surface area contributed by atoms with Crippen LogP contribution in [0.25, 0.3) is 34.6 Å². The van der Waals surface area contributed by atoms with Crippen molar-refractivity contribution in [1.29, 1.82) is 0 Å². The maximum Gasteiger partial charge on any atom is 0.219 e. The zero-order valence-electron chi connectivity index (χ0n) is 18.5. The van der Waals surface area contributed by atoms with Crippen molar-refractivity contribution in [3.8, 4) is 34.6 Å². The van der Waals surface area contributed by atoms with Crippen LogP contribution in [0.15, 0.2) is 49.6 Å². The molecule has 11 nitrogen and oxygen atoms in total. The number of imidazole rings is 3. The van der Waals surface area contributed by atoms with Crippen molar-refractivity contribution >= 4 is 0 Å². The van der Waals surface area contributed by atoms with Crippen LogP contribution in [0, 0.1) is 6.20 Å². The average molecular weight is 621 g/mol. The smallest absolute Gasteiger partial charge is 0.219 e. The molecule has 0 atom stereocenters. The second kappa shape index (κ2) is 10.8. The van der Waals surface area contributed by atoms with Gasteiger partial charge in [-0.25, -0.2) is 9.97 Å². The number of hydrogen-bond acceptors (Lipinski definition) is 8. The number of aromatic amines is 1. The fourth-order valence-electron chi connectivity index (χ4n) is 2.86. The molecule has 0 saturated heterocycles. The van der Waals surface area contributed by atoms with E-state index >= 15 is 0 Å².